The van der Waals surface area contributed by atoms with Crippen LogP contribution < -0.4 is 0 Å². The van der Waals surface area contributed by atoms with Gasteiger partial charge in [0.1, 0.15) is 0 Å². The number of pyridine rings is 1. The number of carbonyl (C=O) groups is 1. The van der Waals surface area contributed by atoms with Crippen LogP contribution in [0.1, 0.15) is 19.4 Å². The van der Waals surface area contributed by atoms with Crippen molar-refractivity contribution < 1.29 is 4.79 Å². The van der Waals surface area contributed by atoms with Crippen LogP contribution in [-0.4, -0.2) is 10.8 Å². The molecule has 0 saturated heterocycles. The van der Waals surface area contributed by atoms with Crippen molar-refractivity contribution in [2.75, 3.05) is 0 Å². The third-order valence-electron chi connectivity index (χ3n) is 1.55. The summed E-state index contributed by atoms with van der Waals surface area (Å²) in [5, 5.41) is 0. The first-order valence-electron chi connectivity index (χ1n) is 4.25. The van der Waals surface area contributed by atoms with Gasteiger partial charge in [0.2, 0.25) is 0 Å². The van der Waals surface area contributed by atoms with Gasteiger partial charge in [-0.1, -0.05) is 11.6 Å². The highest BCUT2D eigenvalue weighted by molar-refractivity contribution is 5.91. The van der Waals surface area contributed by atoms with Gasteiger partial charge in [-0.15, -0.1) is 0 Å². The van der Waals surface area contributed by atoms with Crippen LogP contribution in [0.4, 0.5) is 0 Å². The number of nitrogens with zero attached hydrogens (tertiary/aromatic N) is 1. The highest BCUT2D eigenvalue weighted by Crippen LogP contribution is 2.00. The minimum absolute atomic E-state index is 0.132. The SMILES string of the molecule is CC(C)=CC(=O)Cc1cccnc1. The van der Waals surface area contributed by atoms with Gasteiger partial charge < -0.3 is 0 Å². The lowest BCUT2D eigenvalue weighted by atomic mass is 10.1. The Bertz CT molecular complexity index is 310. The maximum atomic E-state index is 11.3. The van der Waals surface area contributed by atoms with E-state index in [2.05, 4.69) is 4.98 Å². The van der Waals surface area contributed by atoms with E-state index >= 15 is 0 Å². The van der Waals surface area contributed by atoms with Crippen LogP contribution in [0.3, 0.4) is 0 Å². The Morgan fingerprint density at radius 2 is 2.31 bits per heavy atom. The topological polar surface area (TPSA) is 30.0 Å². The first-order chi connectivity index (χ1) is 6.18. The van der Waals surface area contributed by atoms with Crippen molar-refractivity contribution >= 4 is 5.78 Å². The summed E-state index contributed by atoms with van der Waals surface area (Å²) in [6.45, 7) is 3.84. The van der Waals surface area contributed by atoms with Crippen LogP contribution in [0.25, 0.3) is 0 Å². The second-order valence-corrected chi connectivity index (χ2v) is 3.23. The fraction of sp³-hybridized carbons (Fsp3) is 0.273. The lowest BCUT2D eigenvalue weighted by Gasteiger charge is -1.95. The molecule has 2 nitrogen and oxygen atoms in total. The van der Waals surface area contributed by atoms with Crippen LogP contribution in [-0.2, 0) is 11.2 Å². The molecule has 0 aromatic carbocycles. The molecule has 1 aromatic rings. The van der Waals surface area contributed by atoms with E-state index in [-0.39, 0.29) is 5.78 Å². The Labute approximate surface area is 78.3 Å². The first kappa shape index (κ1) is 9.65. The number of allylic oxidation sites excluding steroid dienone is 2. The molecule has 1 rings (SSSR count). The third-order valence-corrected chi connectivity index (χ3v) is 1.55. The largest absolute Gasteiger partial charge is 0.294 e. The van der Waals surface area contributed by atoms with Gasteiger partial charge >= 0.3 is 0 Å². The average molecular weight is 175 g/mol. The Balaban J connectivity index is 2.61. The van der Waals surface area contributed by atoms with Crippen molar-refractivity contribution in [1.29, 1.82) is 0 Å². The lowest BCUT2D eigenvalue weighted by Crippen LogP contribution is -1.99. The molecule has 0 aliphatic carbocycles. The molecule has 68 valence electrons. The van der Waals surface area contributed by atoms with Crippen molar-refractivity contribution in [3.05, 3.63) is 41.7 Å². The van der Waals surface area contributed by atoms with Crippen LogP contribution in [0.5, 0.6) is 0 Å². The highest BCUT2D eigenvalue weighted by Gasteiger charge is 1.99. The van der Waals surface area contributed by atoms with Gasteiger partial charge in [0, 0.05) is 18.8 Å². The fourth-order valence-electron chi connectivity index (χ4n) is 1.08. The van der Waals surface area contributed by atoms with Crippen molar-refractivity contribution in [3.63, 3.8) is 0 Å². The van der Waals surface area contributed by atoms with Crippen LogP contribution in [0, 0.1) is 0 Å². The van der Waals surface area contributed by atoms with E-state index in [0.717, 1.165) is 11.1 Å². The van der Waals surface area contributed by atoms with E-state index < -0.39 is 0 Å². The molecule has 0 atom stereocenters. The monoisotopic (exact) mass is 175 g/mol. The minimum Gasteiger partial charge on any atom is -0.294 e. The zero-order chi connectivity index (χ0) is 9.68. The molecule has 0 spiro atoms. The highest BCUT2D eigenvalue weighted by atomic mass is 16.1. The number of ketones is 1. The van der Waals surface area contributed by atoms with Crippen molar-refractivity contribution in [2.45, 2.75) is 20.3 Å². The second-order valence-electron chi connectivity index (χ2n) is 3.23. The van der Waals surface area contributed by atoms with Gasteiger partial charge in [0.25, 0.3) is 0 Å². The van der Waals surface area contributed by atoms with Gasteiger partial charge in [-0.3, -0.25) is 9.78 Å². The van der Waals surface area contributed by atoms with E-state index in [9.17, 15) is 4.79 Å². The van der Waals surface area contributed by atoms with E-state index in [4.69, 9.17) is 0 Å². The zero-order valence-electron chi connectivity index (χ0n) is 7.95. The van der Waals surface area contributed by atoms with Gasteiger partial charge in [0.05, 0.1) is 0 Å². The third kappa shape index (κ3) is 3.65. The lowest BCUT2D eigenvalue weighted by molar-refractivity contribution is -0.114. The molecule has 13 heavy (non-hydrogen) atoms. The Kier molecular flexibility index (Phi) is 3.38. The van der Waals surface area contributed by atoms with Crippen molar-refractivity contribution in [1.82, 2.24) is 4.98 Å². The summed E-state index contributed by atoms with van der Waals surface area (Å²) in [5.41, 5.74) is 2.00. The normalized spacial score (nSPS) is 9.38. The van der Waals surface area contributed by atoms with Gasteiger partial charge in [0.15, 0.2) is 5.78 Å². The van der Waals surface area contributed by atoms with E-state index in [1.165, 1.54) is 0 Å². The van der Waals surface area contributed by atoms with Crippen molar-refractivity contribution in [3.8, 4) is 0 Å². The quantitative estimate of drug-likeness (QED) is 0.659. The van der Waals surface area contributed by atoms with E-state index in [1.807, 2.05) is 26.0 Å². The summed E-state index contributed by atoms with van der Waals surface area (Å²) >= 11 is 0. The molecule has 0 radical (unpaired) electrons. The number of hydrogen-bond donors (Lipinski definition) is 0. The number of carbonyl (C=O) groups excluding carboxylic acids is 1. The number of hydrogen-bond acceptors (Lipinski definition) is 2. The Hall–Kier alpha value is -1.44. The summed E-state index contributed by atoms with van der Waals surface area (Å²) in [5.74, 6) is 0.132. The molecule has 0 aliphatic rings. The molecule has 2 heteroatoms. The molecule has 0 saturated carbocycles. The molecule has 0 bridgehead atoms. The molecule has 1 heterocycles. The minimum atomic E-state index is 0.132. The molecule has 0 fully saturated rings. The predicted molar refractivity (Wildman–Crippen MR) is 52.4 cm³/mol. The molecule has 0 N–H and O–H groups in total. The number of aromatic nitrogens is 1. The molecule has 0 amide bonds. The maximum absolute atomic E-state index is 11.3. The molecule has 0 unspecified atom stereocenters. The van der Waals surface area contributed by atoms with Gasteiger partial charge in [-0.2, -0.15) is 0 Å². The van der Waals surface area contributed by atoms with Crippen LogP contribution >= 0.6 is 0 Å². The predicted octanol–water partition coefficient (Wildman–Crippen LogP) is 2.16. The maximum Gasteiger partial charge on any atom is 0.160 e. The Morgan fingerprint density at radius 3 is 2.85 bits per heavy atom. The summed E-state index contributed by atoms with van der Waals surface area (Å²) in [6.07, 6.45) is 5.53. The van der Waals surface area contributed by atoms with E-state index in [0.29, 0.717) is 6.42 Å². The van der Waals surface area contributed by atoms with Gasteiger partial charge in [-0.05, 0) is 31.6 Å². The molecular weight excluding hydrogens is 162 g/mol. The average Bonchev–Trinajstić information content (AvgIpc) is 2.04. The van der Waals surface area contributed by atoms with Crippen molar-refractivity contribution in [2.24, 2.45) is 0 Å². The Morgan fingerprint density at radius 1 is 1.54 bits per heavy atom. The van der Waals surface area contributed by atoms with E-state index in [1.54, 1.807) is 18.5 Å². The summed E-state index contributed by atoms with van der Waals surface area (Å²) in [6, 6.07) is 3.74. The van der Waals surface area contributed by atoms with Gasteiger partial charge in [-0.25, -0.2) is 0 Å². The second kappa shape index (κ2) is 4.55. The summed E-state index contributed by atoms with van der Waals surface area (Å²) in [4.78, 5) is 15.3. The van der Waals surface area contributed by atoms with Crippen LogP contribution in [0.2, 0.25) is 0 Å². The molecular formula is C11H13NO. The summed E-state index contributed by atoms with van der Waals surface area (Å²) in [7, 11) is 0. The standard InChI is InChI=1S/C11H13NO/c1-9(2)6-11(13)7-10-4-3-5-12-8-10/h3-6,8H,7H2,1-2H3. The zero-order valence-corrected chi connectivity index (χ0v) is 7.95. The number of rotatable bonds is 3. The smallest absolute Gasteiger partial charge is 0.160 e. The van der Waals surface area contributed by atoms with Crippen LogP contribution in [0.15, 0.2) is 36.2 Å². The molecule has 0 aliphatic heterocycles. The first-order valence-corrected chi connectivity index (χ1v) is 4.25. The molecule has 1 aromatic heterocycles. The summed E-state index contributed by atoms with van der Waals surface area (Å²) < 4.78 is 0. The fourth-order valence-corrected chi connectivity index (χ4v) is 1.08.